The number of esters is 2. The van der Waals surface area contributed by atoms with Crippen LogP contribution in [0.15, 0.2) is 0 Å². The maximum Gasteiger partial charge on any atom is 0.320 e. The summed E-state index contributed by atoms with van der Waals surface area (Å²) >= 11 is 0. The lowest BCUT2D eigenvalue weighted by Gasteiger charge is -2.29. The number of carbonyl (C=O) groups is 2. The Balaban J connectivity index is 4.79. The lowest BCUT2D eigenvalue weighted by atomic mass is 10.2. The summed E-state index contributed by atoms with van der Waals surface area (Å²) in [5.41, 5.74) is -0.977. The maximum atomic E-state index is 12.3. The second-order valence-corrected chi connectivity index (χ2v) is 9.83. The molecule has 0 bridgehead atoms. The van der Waals surface area contributed by atoms with Gasteiger partial charge < -0.3 is 14.8 Å². The third-order valence-electron chi connectivity index (χ3n) is 4.13. The van der Waals surface area contributed by atoms with Crippen LogP contribution in [0.1, 0.15) is 74.7 Å². The number of ether oxygens (including phenoxy) is 2. The van der Waals surface area contributed by atoms with E-state index in [4.69, 9.17) is 9.47 Å². The van der Waals surface area contributed by atoms with Crippen LogP contribution >= 0.6 is 0 Å². The van der Waals surface area contributed by atoms with Crippen molar-refractivity contribution in [3.8, 4) is 0 Å². The van der Waals surface area contributed by atoms with E-state index >= 15 is 0 Å². The minimum Gasteiger partial charge on any atom is -0.459 e. The molecule has 7 nitrogen and oxygen atoms in total. The first-order valence-corrected chi connectivity index (χ1v) is 11.5. The normalized spacial score (nSPS) is 12.5. The van der Waals surface area contributed by atoms with Gasteiger partial charge in [-0.05, 0) is 67.5 Å². The molecular weight excluding hydrogens is 382 g/mol. The van der Waals surface area contributed by atoms with Crippen LogP contribution in [0.3, 0.4) is 0 Å². The van der Waals surface area contributed by atoms with E-state index in [9.17, 15) is 9.59 Å². The van der Waals surface area contributed by atoms with Crippen LogP contribution in [-0.4, -0.2) is 85.3 Å². The molecule has 0 aliphatic carbocycles. The fourth-order valence-corrected chi connectivity index (χ4v) is 2.92. The van der Waals surface area contributed by atoms with Gasteiger partial charge in [0.2, 0.25) is 0 Å². The molecule has 0 atom stereocenters. The van der Waals surface area contributed by atoms with Gasteiger partial charge in [-0.3, -0.25) is 19.4 Å². The zero-order valence-corrected chi connectivity index (χ0v) is 20.8. The first-order valence-electron chi connectivity index (χ1n) is 11.5. The molecule has 0 rings (SSSR count). The fourth-order valence-electron chi connectivity index (χ4n) is 2.92. The Labute approximate surface area is 184 Å². The Morgan fingerprint density at radius 3 is 1.57 bits per heavy atom. The molecular formula is C23H47N3O4. The fraction of sp³-hybridized carbons (Fsp3) is 0.913. The molecule has 0 amide bonds. The third-order valence-corrected chi connectivity index (χ3v) is 4.13. The minimum atomic E-state index is -0.493. The predicted molar refractivity (Wildman–Crippen MR) is 123 cm³/mol. The molecule has 30 heavy (non-hydrogen) atoms. The molecule has 0 fully saturated rings. The molecule has 0 aromatic rings. The SMILES string of the molecule is CCCCNCCN(CCN(CCC)CC(=O)OC(C)(C)C)CC(=O)OC(C)(C)C. The summed E-state index contributed by atoms with van der Waals surface area (Å²) in [5, 5.41) is 3.43. The van der Waals surface area contributed by atoms with Crippen LogP contribution in [0.5, 0.6) is 0 Å². The molecule has 0 radical (unpaired) electrons. The van der Waals surface area contributed by atoms with Gasteiger partial charge in [-0.2, -0.15) is 0 Å². The van der Waals surface area contributed by atoms with E-state index in [-0.39, 0.29) is 25.0 Å². The molecule has 178 valence electrons. The summed E-state index contributed by atoms with van der Waals surface area (Å²) in [7, 11) is 0. The number of carbonyl (C=O) groups excluding carboxylic acids is 2. The summed E-state index contributed by atoms with van der Waals surface area (Å²) < 4.78 is 11.0. The molecule has 0 saturated carbocycles. The molecule has 0 heterocycles. The Morgan fingerprint density at radius 1 is 0.700 bits per heavy atom. The smallest absolute Gasteiger partial charge is 0.320 e. The predicted octanol–water partition coefficient (Wildman–Crippen LogP) is 3.07. The van der Waals surface area contributed by atoms with Crippen LogP contribution in [-0.2, 0) is 19.1 Å². The van der Waals surface area contributed by atoms with Crippen LogP contribution in [0.2, 0.25) is 0 Å². The summed E-state index contributed by atoms with van der Waals surface area (Å²) in [4.78, 5) is 28.8. The number of unbranched alkanes of at least 4 members (excludes halogenated alkanes) is 1. The topological polar surface area (TPSA) is 71.1 Å². The first-order chi connectivity index (χ1) is 13.9. The molecule has 0 aliphatic heterocycles. The van der Waals surface area contributed by atoms with E-state index in [1.807, 2.05) is 41.5 Å². The quantitative estimate of drug-likeness (QED) is 0.317. The van der Waals surface area contributed by atoms with Gasteiger partial charge in [0.05, 0.1) is 13.1 Å². The third kappa shape index (κ3) is 17.7. The van der Waals surface area contributed by atoms with E-state index in [1.165, 1.54) is 0 Å². The highest BCUT2D eigenvalue weighted by Gasteiger charge is 2.21. The van der Waals surface area contributed by atoms with Crippen molar-refractivity contribution >= 4 is 11.9 Å². The van der Waals surface area contributed by atoms with Crippen LogP contribution in [0.25, 0.3) is 0 Å². The van der Waals surface area contributed by atoms with Gasteiger partial charge in [0, 0.05) is 26.2 Å². The van der Waals surface area contributed by atoms with Crippen LogP contribution in [0, 0.1) is 0 Å². The zero-order chi connectivity index (χ0) is 23.2. The average molecular weight is 430 g/mol. The molecule has 1 N–H and O–H groups in total. The van der Waals surface area contributed by atoms with Gasteiger partial charge in [-0.1, -0.05) is 20.3 Å². The van der Waals surface area contributed by atoms with E-state index in [2.05, 4.69) is 29.0 Å². The molecule has 0 saturated heterocycles. The summed E-state index contributed by atoms with van der Waals surface area (Å²) in [5.74, 6) is -0.430. The van der Waals surface area contributed by atoms with Crippen molar-refractivity contribution in [2.45, 2.75) is 85.9 Å². The highest BCUT2D eigenvalue weighted by molar-refractivity contribution is 5.72. The van der Waals surface area contributed by atoms with Crippen molar-refractivity contribution in [3.05, 3.63) is 0 Å². The maximum absolute atomic E-state index is 12.3. The molecule has 0 unspecified atom stereocenters. The Morgan fingerprint density at radius 2 is 1.17 bits per heavy atom. The van der Waals surface area contributed by atoms with E-state index in [0.717, 1.165) is 45.4 Å². The van der Waals surface area contributed by atoms with Gasteiger partial charge in [0.1, 0.15) is 11.2 Å². The number of rotatable bonds is 15. The lowest BCUT2D eigenvalue weighted by Crippen LogP contribution is -2.44. The highest BCUT2D eigenvalue weighted by atomic mass is 16.6. The largest absolute Gasteiger partial charge is 0.459 e. The lowest BCUT2D eigenvalue weighted by molar-refractivity contribution is -0.158. The van der Waals surface area contributed by atoms with Crippen molar-refractivity contribution in [2.75, 3.05) is 52.4 Å². The summed E-state index contributed by atoms with van der Waals surface area (Å²) in [6.45, 7) is 20.8. The second-order valence-electron chi connectivity index (χ2n) is 9.83. The van der Waals surface area contributed by atoms with Crippen LogP contribution < -0.4 is 5.32 Å². The summed E-state index contributed by atoms with van der Waals surface area (Å²) in [6.07, 6.45) is 3.25. The number of nitrogens with one attached hydrogen (secondary N) is 1. The van der Waals surface area contributed by atoms with E-state index < -0.39 is 11.2 Å². The Hall–Kier alpha value is -1.18. The number of nitrogens with zero attached hydrogens (tertiary/aromatic N) is 2. The van der Waals surface area contributed by atoms with E-state index in [1.54, 1.807) is 0 Å². The van der Waals surface area contributed by atoms with Gasteiger partial charge in [0.25, 0.3) is 0 Å². The molecule has 0 aromatic carbocycles. The average Bonchev–Trinajstić information content (AvgIpc) is 2.55. The van der Waals surface area contributed by atoms with Gasteiger partial charge in [-0.15, -0.1) is 0 Å². The summed E-state index contributed by atoms with van der Waals surface area (Å²) in [6, 6.07) is 0. The highest BCUT2D eigenvalue weighted by Crippen LogP contribution is 2.09. The second kappa shape index (κ2) is 14.8. The van der Waals surface area contributed by atoms with Crippen molar-refractivity contribution in [2.24, 2.45) is 0 Å². The van der Waals surface area contributed by atoms with Crippen molar-refractivity contribution in [3.63, 3.8) is 0 Å². The standard InChI is InChI=1S/C23H47N3O4/c1-9-11-12-24-13-15-26(19-21(28)30-23(6,7)8)17-16-25(14-10-2)18-20(27)29-22(3,4)5/h24H,9-19H2,1-8H3. The van der Waals surface area contributed by atoms with Gasteiger partial charge >= 0.3 is 11.9 Å². The minimum absolute atomic E-state index is 0.212. The first kappa shape index (κ1) is 28.8. The molecule has 0 aliphatic rings. The Bertz CT molecular complexity index is 484. The number of hydrogen-bond acceptors (Lipinski definition) is 7. The van der Waals surface area contributed by atoms with Gasteiger partial charge in [0.15, 0.2) is 0 Å². The van der Waals surface area contributed by atoms with Gasteiger partial charge in [-0.25, -0.2) is 0 Å². The molecule has 7 heteroatoms. The zero-order valence-electron chi connectivity index (χ0n) is 20.8. The van der Waals surface area contributed by atoms with Crippen molar-refractivity contribution < 1.29 is 19.1 Å². The van der Waals surface area contributed by atoms with E-state index in [0.29, 0.717) is 13.1 Å². The van der Waals surface area contributed by atoms with Crippen molar-refractivity contribution in [1.29, 1.82) is 0 Å². The molecule has 0 spiro atoms. The van der Waals surface area contributed by atoms with Crippen LogP contribution in [0.4, 0.5) is 0 Å². The Kier molecular flexibility index (Phi) is 14.2. The number of hydrogen-bond donors (Lipinski definition) is 1. The molecule has 0 aromatic heterocycles. The van der Waals surface area contributed by atoms with Crippen molar-refractivity contribution in [1.82, 2.24) is 15.1 Å². The monoisotopic (exact) mass is 429 g/mol.